The van der Waals surface area contributed by atoms with E-state index in [1.54, 1.807) is 31.2 Å². The Morgan fingerprint density at radius 3 is 2.63 bits per heavy atom. The highest BCUT2D eigenvalue weighted by Crippen LogP contribution is 2.16. The van der Waals surface area contributed by atoms with Gasteiger partial charge in [-0.2, -0.15) is 0 Å². The van der Waals surface area contributed by atoms with Crippen molar-refractivity contribution in [2.45, 2.75) is 20.1 Å². The molecule has 0 aromatic heterocycles. The molecule has 0 saturated carbocycles. The number of benzene rings is 1. The van der Waals surface area contributed by atoms with Crippen LogP contribution >= 0.6 is 11.6 Å². The normalized spacial score (nSPS) is 11.8. The molecule has 0 radical (unpaired) electrons. The summed E-state index contributed by atoms with van der Waals surface area (Å²) in [4.78, 5) is 13.3. The number of halogens is 1. The van der Waals surface area contributed by atoms with Crippen molar-refractivity contribution in [2.75, 3.05) is 19.7 Å². The van der Waals surface area contributed by atoms with E-state index in [0.29, 0.717) is 23.9 Å². The molecule has 1 atom stereocenters. The van der Waals surface area contributed by atoms with Gasteiger partial charge in [-0.3, -0.25) is 0 Å². The van der Waals surface area contributed by atoms with Crippen molar-refractivity contribution < 1.29 is 14.6 Å². The molecule has 2 N–H and O–H groups in total. The summed E-state index contributed by atoms with van der Waals surface area (Å²) in [5.74, 6) is 0.627. The minimum atomic E-state index is -0.471. The Balaban J connectivity index is 2.47. The number of urea groups is 1. The lowest BCUT2D eigenvalue weighted by Gasteiger charge is -2.23. The average molecular weight is 287 g/mol. The van der Waals surface area contributed by atoms with Gasteiger partial charge < -0.3 is 20.1 Å². The number of aliphatic hydroxyl groups is 1. The lowest BCUT2D eigenvalue weighted by Crippen LogP contribution is -2.46. The Labute approximate surface area is 118 Å². The number of nitrogens with zero attached hydrogens (tertiary/aromatic N) is 1. The van der Waals surface area contributed by atoms with E-state index < -0.39 is 6.23 Å². The Morgan fingerprint density at radius 1 is 1.47 bits per heavy atom. The molecular formula is C13H19ClN2O3. The monoisotopic (exact) mass is 286 g/mol. The summed E-state index contributed by atoms with van der Waals surface area (Å²) in [5, 5.41) is 12.2. The van der Waals surface area contributed by atoms with Crippen LogP contribution in [0.1, 0.15) is 13.8 Å². The van der Waals surface area contributed by atoms with E-state index in [0.717, 1.165) is 0 Å². The Hall–Kier alpha value is -1.46. The van der Waals surface area contributed by atoms with Crippen molar-refractivity contribution >= 4 is 17.6 Å². The largest absolute Gasteiger partial charge is 0.471 e. The zero-order valence-electron chi connectivity index (χ0n) is 11.1. The summed E-state index contributed by atoms with van der Waals surface area (Å²) in [7, 11) is 0. The fraction of sp³-hybridized carbons (Fsp3) is 0.462. The van der Waals surface area contributed by atoms with Crippen LogP contribution in [0.5, 0.6) is 5.75 Å². The fourth-order valence-corrected chi connectivity index (χ4v) is 1.66. The molecule has 0 spiro atoms. The summed E-state index contributed by atoms with van der Waals surface area (Å²) >= 11 is 5.77. The highest BCUT2D eigenvalue weighted by atomic mass is 35.5. The van der Waals surface area contributed by atoms with Crippen LogP contribution in [-0.4, -0.2) is 42.0 Å². The highest BCUT2D eigenvalue weighted by molar-refractivity contribution is 6.30. The lowest BCUT2D eigenvalue weighted by molar-refractivity contribution is 0.145. The first-order valence-corrected chi connectivity index (χ1v) is 6.53. The van der Waals surface area contributed by atoms with Crippen molar-refractivity contribution in [1.82, 2.24) is 10.2 Å². The minimum absolute atomic E-state index is 0.0618. The van der Waals surface area contributed by atoms with Gasteiger partial charge in [0.25, 0.3) is 0 Å². The van der Waals surface area contributed by atoms with Crippen LogP contribution in [0.25, 0.3) is 0 Å². The van der Waals surface area contributed by atoms with E-state index in [9.17, 15) is 4.79 Å². The highest BCUT2D eigenvalue weighted by Gasteiger charge is 2.14. The van der Waals surface area contributed by atoms with Gasteiger partial charge >= 0.3 is 6.03 Å². The SMILES string of the molecule is CCN(CCO)C(=O)NC(C)Oc1ccc(Cl)cc1. The van der Waals surface area contributed by atoms with Crippen molar-refractivity contribution in [1.29, 1.82) is 0 Å². The third-order valence-corrected chi connectivity index (χ3v) is 2.74. The van der Waals surface area contributed by atoms with Gasteiger partial charge in [0.15, 0.2) is 6.23 Å². The number of nitrogens with one attached hydrogen (secondary N) is 1. The summed E-state index contributed by atoms with van der Waals surface area (Å²) < 4.78 is 5.53. The van der Waals surface area contributed by atoms with Gasteiger partial charge in [-0.05, 0) is 38.1 Å². The Bertz CT molecular complexity index is 397. The number of hydrogen-bond donors (Lipinski definition) is 2. The second-order valence-corrected chi connectivity index (χ2v) is 4.40. The van der Waals surface area contributed by atoms with Crippen LogP contribution in [0.3, 0.4) is 0 Å². The Morgan fingerprint density at radius 2 is 2.11 bits per heavy atom. The summed E-state index contributed by atoms with van der Waals surface area (Å²) in [6.07, 6.45) is -0.471. The number of ether oxygens (including phenoxy) is 1. The molecule has 0 heterocycles. The molecule has 1 rings (SSSR count). The third kappa shape index (κ3) is 5.36. The van der Waals surface area contributed by atoms with Gasteiger partial charge in [-0.1, -0.05) is 11.6 Å². The van der Waals surface area contributed by atoms with Gasteiger partial charge in [0, 0.05) is 18.1 Å². The predicted molar refractivity (Wildman–Crippen MR) is 74.4 cm³/mol. The fourth-order valence-electron chi connectivity index (χ4n) is 1.54. The van der Waals surface area contributed by atoms with Crippen LogP contribution in [0, 0.1) is 0 Å². The van der Waals surface area contributed by atoms with E-state index >= 15 is 0 Å². The summed E-state index contributed by atoms with van der Waals surface area (Å²) in [6, 6.07) is 6.63. The maximum absolute atomic E-state index is 11.8. The number of rotatable bonds is 6. The quantitative estimate of drug-likeness (QED) is 0.787. The zero-order chi connectivity index (χ0) is 14.3. The molecule has 1 aromatic carbocycles. The first kappa shape index (κ1) is 15.6. The number of likely N-dealkylation sites (N-methyl/N-ethyl adjacent to an activating group) is 1. The van der Waals surface area contributed by atoms with E-state index in [-0.39, 0.29) is 12.6 Å². The number of aliphatic hydroxyl groups excluding tert-OH is 1. The van der Waals surface area contributed by atoms with Crippen LogP contribution in [0.4, 0.5) is 4.79 Å². The molecule has 6 heteroatoms. The number of amides is 2. The summed E-state index contributed by atoms with van der Waals surface area (Å²) in [5.41, 5.74) is 0. The molecule has 2 amide bonds. The van der Waals surface area contributed by atoms with E-state index in [2.05, 4.69) is 5.32 Å². The molecule has 0 aliphatic heterocycles. The minimum Gasteiger partial charge on any atom is -0.471 e. The van der Waals surface area contributed by atoms with Crippen LogP contribution in [0.2, 0.25) is 5.02 Å². The first-order valence-electron chi connectivity index (χ1n) is 6.15. The van der Waals surface area contributed by atoms with Crippen LogP contribution < -0.4 is 10.1 Å². The molecule has 0 fully saturated rings. The van der Waals surface area contributed by atoms with Gasteiger partial charge in [0.1, 0.15) is 5.75 Å². The van der Waals surface area contributed by atoms with Gasteiger partial charge in [0.2, 0.25) is 0 Å². The van der Waals surface area contributed by atoms with Crippen molar-refractivity contribution in [3.8, 4) is 5.75 Å². The van der Waals surface area contributed by atoms with Gasteiger partial charge in [-0.15, -0.1) is 0 Å². The molecule has 1 aromatic rings. The smallest absolute Gasteiger partial charge is 0.320 e. The first-order chi connectivity index (χ1) is 9.06. The average Bonchev–Trinajstić information content (AvgIpc) is 2.38. The zero-order valence-corrected chi connectivity index (χ0v) is 11.9. The maximum Gasteiger partial charge on any atom is 0.320 e. The van der Waals surface area contributed by atoms with E-state index in [4.69, 9.17) is 21.4 Å². The van der Waals surface area contributed by atoms with Crippen molar-refractivity contribution in [2.24, 2.45) is 0 Å². The topological polar surface area (TPSA) is 61.8 Å². The van der Waals surface area contributed by atoms with E-state index in [1.165, 1.54) is 4.90 Å². The third-order valence-electron chi connectivity index (χ3n) is 2.49. The van der Waals surface area contributed by atoms with Gasteiger partial charge in [-0.25, -0.2) is 4.79 Å². The standard InChI is InChI=1S/C13H19ClN2O3/c1-3-16(8-9-17)13(18)15-10(2)19-12-6-4-11(14)5-7-12/h4-7,10,17H,3,8-9H2,1-2H3,(H,15,18). The van der Waals surface area contributed by atoms with E-state index in [1.807, 2.05) is 6.92 Å². The van der Waals surface area contributed by atoms with Gasteiger partial charge in [0.05, 0.1) is 6.61 Å². The molecule has 0 bridgehead atoms. The molecule has 106 valence electrons. The molecule has 1 unspecified atom stereocenters. The molecule has 0 aliphatic rings. The van der Waals surface area contributed by atoms with Crippen LogP contribution in [0.15, 0.2) is 24.3 Å². The maximum atomic E-state index is 11.8. The summed E-state index contributed by atoms with van der Waals surface area (Å²) in [6.45, 7) is 4.35. The molecule has 0 saturated heterocycles. The predicted octanol–water partition coefficient (Wildman–Crippen LogP) is 2.09. The van der Waals surface area contributed by atoms with Crippen molar-refractivity contribution in [3.05, 3.63) is 29.3 Å². The number of hydrogen-bond acceptors (Lipinski definition) is 3. The number of carbonyl (C=O) groups excluding carboxylic acids is 1. The molecular weight excluding hydrogens is 268 g/mol. The molecule has 5 nitrogen and oxygen atoms in total. The second kappa shape index (κ2) is 7.86. The molecule has 0 aliphatic carbocycles. The molecule has 19 heavy (non-hydrogen) atoms. The van der Waals surface area contributed by atoms with Crippen molar-refractivity contribution in [3.63, 3.8) is 0 Å². The number of carbonyl (C=O) groups is 1. The lowest BCUT2D eigenvalue weighted by atomic mass is 10.3. The second-order valence-electron chi connectivity index (χ2n) is 3.97. The Kier molecular flexibility index (Phi) is 6.45. The van der Waals surface area contributed by atoms with Crippen LogP contribution in [-0.2, 0) is 0 Å².